The molecule has 0 radical (unpaired) electrons. The minimum absolute atomic E-state index is 0.0887. The molecule has 2 aromatic rings. The van der Waals surface area contributed by atoms with E-state index in [0.29, 0.717) is 12.5 Å². The van der Waals surface area contributed by atoms with Crippen LogP contribution in [0.5, 0.6) is 5.75 Å². The van der Waals surface area contributed by atoms with Gasteiger partial charge in [-0.15, -0.1) is 0 Å². The molecule has 0 saturated heterocycles. The molecule has 3 N–H and O–H groups in total. The maximum Gasteiger partial charge on any atom is 0.239 e. The van der Waals surface area contributed by atoms with Crippen molar-refractivity contribution in [2.24, 2.45) is 4.99 Å². The summed E-state index contributed by atoms with van der Waals surface area (Å²) in [5.74, 6) is 1.26. The second-order valence-corrected chi connectivity index (χ2v) is 7.03. The Hall–Kier alpha value is -3.03. The number of aliphatic imine (C=N–C) groups is 1. The summed E-state index contributed by atoms with van der Waals surface area (Å²) in [7, 11) is 3.30. The van der Waals surface area contributed by atoms with Crippen LogP contribution < -0.4 is 20.7 Å². The third kappa shape index (κ3) is 6.65. The fourth-order valence-electron chi connectivity index (χ4n) is 2.36. The molecule has 146 valence electrons. The van der Waals surface area contributed by atoms with Gasteiger partial charge in [0.2, 0.25) is 5.91 Å². The van der Waals surface area contributed by atoms with Crippen molar-refractivity contribution in [1.29, 1.82) is 0 Å². The van der Waals surface area contributed by atoms with Gasteiger partial charge in [-0.3, -0.25) is 9.79 Å². The Balaban J connectivity index is 1.86. The van der Waals surface area contributed by atoms with Crippen molar-refractivity contribution in [2.45, 2.75) is 32.9 Å². The second-order valence-electron chi connectivity index (χ2n) is 7.03. The van der Waals surface area contributed by atoms with E-state index in [1.807, 2.05) is 57.3 Å². The van der Waals surface area contributed by atoms with Crippen molar-refractivity contribution in [3.8, 4) is 11.4 Å². The van der Waals surface area contributed by atoms with Crippen molar-refractivity contribution in [1.82, 2.24) is 25.7 Å². The highest BCUT2D eigenvalue weighted by molar-refractivity contribution is 5.86. The lowest BCUT2D eigenvalue weighted by molar-refractivity contribution is -0.121. The largest absolute Gasteiger partial charge is 0.497 e. The molecule has 0 unspecified atom stereocenters. The number of hydrogen-bond acceptors (Lipinski definition) is 4. The van der Waals surface area contributed by atoms with Crippen molar-refractivity contribution < 1.29 is 9.53 Å². The third-order valence-corrected chi connectivity index (χ3v) is 3.57. The average Bonchev–Trinajstić information content (AvgIpc) is 3.09. The second kappa shape index (κ2) is 9.07. The molecule has 0 aliphatic heterocycles. The van der Waals surface area contributed by atoms with Crippen LogP contribution in [0, 0.1) is 0 Å². The van der Waals surface area contributed by atoms with E-state index >= 15 is 0 Å². The minimum Gasteiger partial charge on any atom is -0.497 e. The van der Waals surface area contributed by atoms with Gasteiger partial charge in [0.05, 0.1) is 31.6 Å². The summed E-state index contributed by atoms with van der Waals surface area (Å²) in [6, 6.07) is 9.60. The van der Waals surface area contributed by atoms with Crippen LogP contribution in [0.2, 0.25) is 0 Å². The third-order valence-electron chi connectivity index (χ3n) is 3.57. The predicted octanol–water partition coefficient (Wildman–Crippen LogP) is 1.46. The molecule has 8 heteroatoms. The number of guanidine groups is 1. The zero-order valence-corrected chi connectivity index (χ0v) is 16.5. The molecule has 0 fully saturated rings. The number of methoxy groups -OCH3 is 1. The molecule has 1 aromatic heterocycles. The molecular formula is C19H28N6O2. The van der Waals surface area contributed by atoms with Gasteiger partial charge < -0.3 is 20.7 Å². The maximum atomic E-state index is 11.9. The summed E-state index contributed by atoms with van der Waals surface area (Å²) in [5.41, 5.74) is 1.54. The first kappa shape index (κ1) is 20.3. The number of nitrogens with zero attached hydrogens (tertiary/aromatic N) is 3. The summed E-state index contributed by atoms with van der Waals surface area (Å²) in [4.78, 5) is 16.0. The highest BCUT2D eigenvalue weighted by Gasteiger charge is 2.13. The molecular weight excluding hydrogens is 344 g/mol. The molecule has 0 spiro atoms. The zero-order chi connectivity index (χ0) is 19.9. The number of benzene rings is 1. The van der Waals surface area contributed by atoms with Crippen LogP contribution in [-0.2, 0) is 11.3 Å². The molecule has 0 bridgehead atoms. The van der Waals surface area contributed by atoms with Gasteiger partial charge in [0.15, 0.2) is 5.96 Å². The van der Waals surface area contributed by atoms with E-state index in [1.165, 1.54) is 0 Å². The first-order valence-corrected chi connectivity index (χ1v) is 8.75. The SMILES string of the molecule is CN=C(NCC(=O)NC(C)(C)C)NCc1ccn(-c2ccc(OC)cc2)n1. The summed E-state index contributed by atoms with van der Waals surface area (Å²) in [6.07, 6.45) is 1.89. The van der Waals surface area contributed by atoms with Gasteiger partial charge in [-0.25, -0.2) is 4.68 Å². The summed E-state index contributed by atoms with van der Waals surface area (Å²) in [5, 5.41) is 13.6. The number of carbonyl (C=O) groups excluding carboxylic acids is 1. The van der Waals surface area contributed by atoms with Crippen LogP contribution in [0.3, 0.4) is 0 Å². The Morgan fingerprint density at radius 1 is 1.19 bits per heavy atom. The van der Waals surface area contributed by atoms with Crippen LogP contribution in [-0.4, -0.2) is 47.9 Å². The van der Waals surface area contributed by atoms with Crippen molar-refractivity contribution in [3.05, 3.63) is 42.2 Å². The fourth-order valence-corrected chi connectivity index (χ4v) is 2.36. The fraction of sp³-hybridized carbons (Fsp3) is 0.421. The van der Waals surface area contributed by atoms with E-state index in [1.54, 1.807) is 18.8 Å². The average molecular weight is 372 g/mol. The molecule has 0 aliphatic rings. The van der Waals surface area contributed by atoms with Crippen molar-refractivity contribution >= 4 is 11.9 Å². The summed E-state index contributed by atoms with van der Waals surface area (Å²) >= 11 is 0. The number of amides is 1. The topological polar surface area (TPSA) is 92.6 Å². The van der Waals surface area contributed by atoms with Crippen LogP contribution in [0.4, 0.5) is 0 Å². The number of nitrogens with one attached hydrogen (secondary N) is 3. The Labute approximate surface area is 160 Å². The molecule has 27 heavy (non-hydrogen) atoms. The lowest BCUT2D eigenvalue weighted by Crippen LogP contribution is -2.48. The molecule has 1 heterocycles. The Morgan fingerprint density at radius 2 is 1.89 bits per heavy atom. The van der Waals surface area contributed by atoms with Gasteiger partial charge in [-0.2, -0.15) is 5.10 Å². The van der Waals surface area contributed by atoms with E-state index in [0.717, 1.165) is 17.1 Å². The van der Waals surface area contributed by atoms with Gasteiger partial charge in [-0.05, 0) is 51.1 Å². The van der Waals surface area contributed by atoms with E-state index in [9.17, 15) is 4.79 Å². The summed E-state index contributed by atoms with van der Waals surface area (Å²) < 4.78 is 6.96. The summed E-state index contributed by atoms with van der Waals surface area (Å²) in [6.45, 7) is 6.46. The lowest BCUT2D eigenvalue weighted by Gasteiger charge is -2.21. The number of aromatic nitrogens is 2. The maximum absolute atomic E-state index is 11.9. The van der Waals surface area contributed by atoms with Gasteiger partial charge in [0, 0.05) is 18.8 Å². The highest BCUT2D eigenvalue weighted by Crippen LogP contribution is 2.14. The van der Waals surface area contributed by atoms with Crippen molar-refractivity contribution in [3.63, 3.8) is 0 Å². The Morgan fingerprint density at radius 3 is 2.48 bits per heavy atom. The standard InChI is InChI=1S/C19H28N6O2/c1-19(2,3)23-17(26)13-22-18(20-4)21-12-14-10-11-25(24-14)15-6-8-16(27-5)9-7-15/h6-11H,12-13H2,1-5H3,(H,23,26)(H2,20,21,22). The first-order valence-electron chi connectivity index (χ1n) is 8.75. The zero-order valence-electron chi connectivity index (χ0n) is 16.5. The highest BCUT2D eigenvalue weighted by atomic mass is 16.5. The van der Waals surface area contributed by atoms with Crippen LogP contribution in [0.15, 0.2) is 41.5 Å². The predicted molar refractivity (Wildman–Crippen MR) is 106 cm³/mol. The van der Waals surface area contributed by atoms with Crippen LogP contribution in [0.1, 0.15) is 26.5 Å². The van der Waals surface area contributed by atoms with Crippen molar-refractivity contribution in [2.75, 3.05) is 20.7 Å². The molecule has 0 aliphatic carbocycles. The van der Waals surface area contributed by atoms with Gasteiger partial charge in [-0.1, -0.05) is 0 Å². The smallest absolute Gasteiger partial charge is 0.239 e. The Bertz CT molecular complexity index is 774. The van der Waals surface area contributed by atoms with Crippen LogP contribution >= 0.6 is 0 Å². The molecule has 1 aromatic carbocycles. The van der Waals surface area contributed by atoms with Crippen LogP contribution in [0.25, 0.3) is 5.69 Å². The number of carbonyl (C=O) groups is 1. The number of rotatable bonds is 6. The van der Waals surface area contributed by atoms with Gasteiger partial charge in [0.25, 0.3) is 0 Å². The molecule has 2 rings (SSSR count). The quantitative estimate of drug-likeness (QED) is 0.527. The van der Waals surface area contributed by atoms with Gasteiger partial charge >= 0.3 is 0 Å². The number of ether oxygens (including phenoxy) is 1. The Kier molecular flexibility index (Phi) is 6.81. The molecule has 0 atom stereocenters. The normalized spacial score (nSPS) is 11.8. The number of hydrogen-bond donors (Lipinski definition) is 3. The minimum atomic E-state index is -0.260. The van der Waals surface area contributed by atoms with Gasteiger partial charge in [0.1, 0.15) is 5.75 Å². The van der Waals surface area contributed by atoms with E-state index in [4.69, 9.17) is 4.74 Å². The van der Waals surface area contributed by atoms with E-state index in [2.05, 4.69) is 26.0 Å². The molecule has 0 saturated carbocycles. The molecule has 8 nitrogen and oxygen atoms in total. The monoisotopic (exact) mass is 372 g/mol. The first-order chi connectivity index (χ1) is 12.8. The van der Waals surface area contributed by atoms with E-state index < -0.39 is 0 Å². The van der Waals surface area contributed by atoms with E-state index in [-0.39, 0.29) is 18.0 Å². The lowest BCUT2D eigenvalue weighted by atomic mass is 10.1. The molecule has 1 amide bonds.